The molecule has 202 valence electrons. The minimum Gasteiger partial charge on any atom is -0.368 e. The average Bonchev–Trinajstić information content (AvgIpc) is 3.30. The normalized spacial score (nSPS) is 15.3. The third kappa shape index (κ3) is 4.98. The van der Waals surface area contributed by atoms with Gasteiger partial charge >= 0.3 is 0 Å². The number of aromatic nitrogens is 3. The molecular formula is C26H24Cl2N6O4S. The fraction of sp³-hybridized carbons (Fsp3) is 0.231. The maximum Gasteiger partial charge on any atom is 0.259 e. The number of benzene rings is 2. The third-order valence-electron chi connectivity index (χ3n) is 6.92. The lowest BCUT2D eigenvalue weighted by Gasteiger charge is -2.35. The van der Waals surface area contributed by atoms with E-state index in [1.54, 1.807) is 48.5 Å². The molecule has 2 aromatic carbocycles. The molecule has 0 spiro atoms. The Hall–Kier alpha value is -3.51. The minimum atomic E-state index is -4.51. The lowest BCUT2D eigenvalue weighted by Crippen LogP contribution is -2.58. The highest BCUT2D eigenvalue weighted by atomic mass is 35.5. The molecule has 2 amide bonds. The molecule has 0 saturated heterocycles. The number of nitrogens with two attached hydrogens (primary N) is 2. The first kappa shape index (κ1) is 27.1. The van der Waals surface area contributed by atoms with Gasteiger partial charge in [0, 0.05) is 32.9 Å². The second-order valence-electron chi connectivity index (χ2n) is 9.43. The summed E-state index contributed by atoms with van der Waals surface area (Å²) in [6.07, 6.45) is 4.40. The van der Waals surface area contributed by atoms with E-state index in [-0.39, 0.29) is 11.2 Å². The summed E-state index contributed by atoms with van der Waals surface area (Å²) >= 11 is 12.6. The van der Waals surface area contributed by atoms with Crippen molar-refractivity contribution in [2.75, 3.05) is 0 Å². The van der Waals surface area contributed by atoms with E-state index in [4.69, 9.17) is 34.1 Å². The Labute approximate surface area is 234 Å². The van der Waals surface area contributed by atoms with E-state index >= 15 is 0 Å². The molecule has 1 saturated carbocycles. The van der Waals surface area contributed by atoms with Crippen molar-refractivity contribution >= 4 is 50.7 Å². The van der Waals surface area contributed by atoms with E-state index in [0.29, 0.717) is 58.1 Å². The van der Waals surface area contributed by atoms with Crippen molar-refractivity contribution in [2.24, 2.45) is 10.9 Å². The van der Waals surface area contributed by atoms with Crippen molar-refractivity contribution in [1.29, 1.82) is 0 Å². The first-order chi connectivity index (χ1) is 18.5. The summed E-state index contributed by atoms with van der Waals surface area (Å²) in [5.74, 6) is -1.56. The van der Waals surface area contributed by atoms with Crippen LogP contribution >= 0.6 is 23.2 Å². The van der Waals surface area contributed by atoms with Crippen molar-refractivity contribution in [1.82, 2.24) is 19.9 Å². The van der Waals surface area contributed by atoms with E-state index in [0.717, 1.165) is 6.42 Å². The van der Waals surface area contributed by atoms with Crippen LogP contribution in [0.5, 0.6) is 0 Å². The number of nitrogens with one attached hydrogen (secondary N) is 1. The zero-order valence-electron chi connectivity index (χ0n) is 20.5. The van der Waals surface area contributed by atoms with Crippen LogP contribution in [0.3, 0.4) is 0 Å². The molecule has 5 rings (SSSR count). The highest BCUT2D eigenvalue weighted by Crippen LogP contribution is 2.37. The third-order valence-corrected chi connectivity index (χ3v) is 8.33. The molecule has 13 heteroatoms. The molecule has 0 unspecified atom stereocenters. The lowest BCUT2D eigenvalue weighted by molar-refractivity contribution is -0.125. The number of nitrogens with zero attached hydrogens (tertiary/aromatic N) is 3. The molecule has 1 fully saturated rings. The van der Waals surface area contributed by atoms with Crippen LogP contribution in [-0.4, -0.2) is 40.4 Å². The van der Waals surface area contributed by atoms with E-state index < -0.39 is 32.4 Å². The van der Waals surface area contributed by atoms with Gasteiger partial charge in [0.05, 0.1) is 5.69 Å². The molecule has 4 aromatic rings. The molecule has 10 nitrogen and oxygen atoms in total. The first-order valence-corrected chi connectivity index (χ1v) is 14.4. The predicted molar refractivity (Wildman–Crippen MR) is 148 cm³/mol. The van der Waals surface area contributed by atoms with Gasteiger partial charge in [0.1, 0.15) is 11.1 Å². The molecule has 2 aromatic heterocycles. The summed E-state index contributed by atoms with van der Waals surface area (Å²) < 4.78 is 26.6. The van der Waals surface area contributed by atoms with Crippen molar-refractivity contribution < 1.29 is 18.0 Å². The van der Waals surface area contributed by atoms with Crippen LogP contribution < -0.4 is 16.2 Å². The Morgan fingerprint density at radius 1 is 0.974 bits per heavy atom. The maximum absolute atomic E-state index is 13.7. The molecule has 0 bridgehead atoms. The molecule has 1 aliphatic rings. The van der Waals surface area contributed by atoms with Gasteiger partial charge in [-0.15, -0.1) is 0 Å². The van der Waals surface area contributed by atoms with Gasteiger partial charge in [0.2, 0.25) is 10.9 Å². The van der Waals surface area contributed by atoms with E-state index in [2.05, 4.69) is 15.4 Å². The zero-order chi connectivity index (χ0) is 27.9. The van der Waals surface area contributed by atoms with Gasteiger partial charge < -0.3 is 11.1 Å². The molecule has 0 aliphatic heterocycles. The highest BCUT2D eigenvalue weighted by molar-refractivity contribution is 7.89. The van der Waals surface area contributed by atoms with E-state index in [1.165, 1.54) is 10.7 Å². The first-order valence-electron chi connectivity index (χ1n) is 12.1. The topological polar surface area (TPSA) is 163 Å². The van der Waals surface area contributed by atoms with Crippen LogP contribution in [0.25, 0.3) is 28.0 Å². The Balaban J connectivity index is 1.79. The zero-order valence-corrected chi connectivity index (χ0v) is 22.9. The number of halogens is 2. The average molecular weight is 587 g/mol. The number of hydrogen-bond donors (Lipinski definition) is 3. The van der Waals surface area contributed by atoms with Crippen LogP contribution in [-0.2, 0) is 14.8 Å². The van der Waals surface area contributed by atoms with Crippen LogP contribution in [0.2, 0.25) is 10.0 Å². The Morgan fingerprint density at radius 3 is 2.26 bits per heavy atom. The Morgan fingerprint density at radius 2 is 1.64 bits per heavy atom. The van der Waals surface area contributed by atoms with Gasteiger partial charge in [-0.3, -0.25) is 9.59 Å². The number of fused-ring (bicyclic) bond motifs is 1. The largest absolute Gasteiger partial charge is 0.368 e. The second-order valence-corrected chi connectivity index (χ2v) is 11.7. The lowest BCUT2D eigenvalue weighted by atomic mass is 9.81. The fourth-order valence-corrected chi connectivity index (χ4v) is 6.02. The number of amides is 2. The monoisotopic (exact) mass is 586 g/mol. The van der Waals surface area contributed by atoms with Crippen molar-refractivity contribution in [3.8, 4) is 22.4 Å². The molecule has 0 radical (unpaired) electrons. The number of sulfonamides is 1. The van der Waals surface area contributed by atoms with Gasteiger partial charge in [-0.05, 0) is 31.0 Å². The second kappa shape index (κ2) is 10.2. The maximum atomic E-state index is 13.7. The summed E-state index contributed by atoms with van der Waals surface area (Å²) in [5.41, 5.74) is 6.03. The van der Waals surface area contributed by atoms with Crippen molar-refractivity contribution in [3.63, 3.8) is 0 Å². The smallest absolute Gasteiger partial charge is 0.259 e. The van der Waals surface area contributed by atoms with Crippen LogP contribution in [0.15, 0.2) is 59.8 Å². The molecule has 1 aliphatic carbocycles. The predicted octanol–water partition coefficient (Wildman–Crippen LogP) is 3.94. The Bertz CT molecular complexity index is 1710. The van der Waals surface area contributed by atoms with Gasteiger partial charge in [0.25, 0.3) is 15.9 Å². The fourth-order valence-electron chi connectivity index (χ4n) is 4.99. The Kier molecular flexibility index (Phi) is 7.10. The minimum absolute atomic E-state index is 0.0762. The number of primary sulfonamides is 1. The molecule has 39 heavy (non-hydrogen) atoms. The van der Waals surface area contributed by atoms with Gasteiger partial charge in [0.15, 0.2) is 5.65 Å². The standard InChI is InChI=1S/C26H24Cl2N6O4S/c27-16-10-8-15(9-11-16)21-18(17-6-2-3-7-19(17)28)14-31-22-20(24(33-34(21)22)39(30,37)38)23(35)32-26(25(29)36)12-4-1-5-13-26/h2-3,6-11,14H,1,4-5,12-13H2,(H2,29,36)(H,32,35)(H2,30,37,38). The van der Waals surface area contributed by atoms with Gasteiger partial charge in [-0.1, -0.05) is 72.8 Å². The van der Waals surface area contributed by atoms with Crippen LogP contribution in [0.1, 0.15) is 42.5 Å². The number of hydrogen-bond acceptors (Lipinski definition) is 6. The summed E-state index contributed by atoms with van der Waals surface area (Å²) in [4.78, 5) is 30.6. The molecule has 5 N–H and O–H groups in total. The van der Waals surface area contributed by atoms with Crippen molar-refractivity contribution in [3.05, 3.63) is 70.3 Å². The highest BCUT2D eigenvalue weighted by Gasteiger charge is 2.41. The molecular weight excluding hydrogens is 563 g/mol. The number of carbonyl (C=O) groups is 2. The number of primary amides is 1. The summed E-state index contributed by atoms with van der Waals surface area (Å²) in [5, 5.41) is 12.7. The quantitative estimate of drug-likeness (QED) is 0.310. The van der Waals surface area contributed by atoms with Crippen molar-refractivity contribution in [2.45, 2.75) is 42.7 Å². The van der Waals surface area contributed by atoms with Crippen LogP contribution in [0, 0.1) is 0 Å². The summed E-state index contributed by atoms with van der Waals surface area (Å²) in [7, 11) is -4.51. The SMILES string of the molecule is NC(=O)C1(NC(=O)c2c(S(N)(=O)=O)nn3c(-c4ccc(Cl)cc4)c(-c4ccccc4Cl)cnc23)CCCCC1. The number of carbonyl (C=O) groups excluding carboxylic acids is 2. The van der Waals surface area contributed by atoms with E-state index in [1.807, 2.05) is 0 Å². The van der Waals surface area contributed by atoms with Gasteiger partial charge in [-0.25, -0.2) is 23.1 Å². The molecule has 0 atom stereocenters. The van der Waals surface area contributed by atoms with Gasteiger partial charge in [-0.2, -0.15) is 5.10 Å². The van der Waals surface area contributed by atoms with Crippen LogP contribution in [0.4, 0.5) is 0 Å². The summed E-state index contributed by atoms with van der Waals surface area (Å²) in [6, 6.07) is 13.8. The molecule has 2 heterocycles. The summed E-state index contributed by atoms with van der Waals surface area (Å²) in [6.45, 7) is 0. The van der Waals surface area contributed by atoms with E-state index in [9.17, 15) is 18.0 Å². The number of rotatable bonds is 6.